The monoisotopic (exact) mass is 209 g/mol. The molecule has 82 valence electrons. The molecule has 0 spiro atoms. The second kappa shape index (κ2) is 4.19. The molecule has 15 heavy (non-hydrogen) atoms. The molecule has 1 aliphatic carbocycles. The molecule has 0 radical (unpaired) electrons. The summed E-state index contributed by atoms with van der Waals surface area (Å²) in [7, 11) is 0. The highest BCUT2D eigenvalue weighted by atomic mass is 19.1. The maximum Gasteiger partial charge on any atom is 0.131 e. The molecule has 0 bridgehead atoms. The van der Waals surface area contributed by atoms with Gasteiger partial charge in [0.1, 0.15) is 11.6 Å². The lowest BCUT2D eigenvalue weighted by molar-refractivity contribution is 0.118. The van der Waals surface area contributed by atoms with Gasteiger partial charge in [0, 0.05) is 11.6 Å². The second-order valence-corrected chi connectivity index (χ2v) is 4.11. The third kappa shape index (κ3) is 2.12. The zero-order chi connectivity index (χ0) is 10.8. The lowest BCUT2D eigenvalue weighted by Crippen LogP contribution is -2.25. The topological polar surface area (TPSA) is 35.2 Å². The Bertz CT molecular complexity index is 347. The minimum Gasteiger partial charge on any atom is -0.490 e. The number of halogens is 1. The van der Waals surface area contributed by atoms with Crippen molar-refractivity contribution >= 4 is 0 Å². The van der Waals surface area contributed by atoms with Crippen LogP contribution < -0.4 is 10.5 Å². The van der Waals surface area contributed by atoms with Crippen molar-refractivity contribution in [2.24, 2.45) is 5.73 Å². The predicted octanol–water partition coefficient (Wildman–Crippen LogP) is 2.78. The van der Waals surface area contributed by atoms with E-state index in [1.54, 1.807) is 19.1 Å². The molecule has 0 amide bonds. The molecule has 0 saturated heterocycles. The average molecular weight is 209 g/mol. The van der Waals surface area contributed by atoms with E-state index in [2.05, 4.69) is 0 Å². The number of nitrogens with two attached hydrogens (primary N) is 1. The maximum absolute atomic E-state index is 13.5. The summed E-state index contributed by atoms with van der Waals surface area (Å²) in [5.74, 6) is 0.330. The highest BCUT2D eigenvalue weighted by molar-refractivity contribution is 5.37. The fraction of sp³-hybridized carbons (Fsp3) is 0.500. The van der Waals surface area contributed by atoms with Crippen LogP contribution in [0.5, 0.6) is 5.75 Å². The number of rotatable bonds is 3. The van der Waals surface area contributed by atoms with E-state index >= 15 is 0 Å². The van der Waals surface area contributed by atoms with Crippen LogP contribution in [0, 0.1) is 5.82 Å². The van der Waals surface area contributed by atoms with E-state index in [0.717, 1.165) is 12.8 Å². The third-order valence-electron chi connectivity index (χ3n) is 2.81. The van der Waals surface area contributed by atoms with Gasteiger partial charge < -0.3 is 10.5 Å². The molecule has 2 rings (SSSR count). The molecule has 1 aromatic rings. The van der Waals surface area contributed by atoms with Gasteiger partial charge in [-0.3, -0.25) is 0 Å². The number of ether oxygens (including phenoxy) is 1. The van der Waals surface area contributed by atoms with E-state index in [4.69, 9.17) is 10.5 Å². The van der Waals surface area contributed by atoms with Gasteiger partial charge in [-0.2, -0.15) is 0 Å². The number of benzene rings is 1. The molecule has 1 fully saturated rings. The Morgan fingerprint density at radius 2 is 2.20 bits per heavy atom. The average Bonchev–Trinajstić information content (AvgIpc) is 2.10. The van der Waals surface area contributed by atoms with E-state index < -0.39 is 0 Å². The molecule has 2 N–H and O–H groups in total. The Kier molecular flexibility index (Phi) is 2.91. The van der Waals surface area contributed by atoms with E-state index in [1.165, 1.54) is 12.5 Å². The Balaban J connectivity index is 2.23. The van der Waals surface area contributed by atoms with Crippen molar-refractivity contribution in [3.05, 3.63) is 29.6 Å². The maximum atomic E-state index is 13.5. The Hall–Kier alpha value is -1.09. The molecule has 0 aromatic heterocycles. The molecule has 2 nitrogen and oxygen atoms in total. The van der Waals surface area contributed by atoms with Crippen LogP contribution in [0.15, 0.2) is 18.2 Å². The van der Waals surface area contributed by atoms with E-state index in [9.17, 15) is 4.39 Å². The first-order chi connectivity index (χ1) is 7.18. The smallest absolute Gasteiger partial charge is 0.131 e. The third-order valence-corrected chi connectivity index (χ3v) is 2.81. The summed E-state index contributed by atoms with van der Waals surface area (Å²) in [5.41, 5.74) is 6.22. The van der Waals surface area contributed by atoms with Crippen LogP contribution in [0.4, 0.5) is 4.39 Å². The van der Waals surface area contributed by atoms with Crippen LogP contribution in [0.25, 0.3) is 0 Å². The molecule has 1 unspecified atom stereocenters. The summed E-state index contributed by atoms with van der Waals surface area (Å²) >= 11 is 0. The van der Waals surface area contributed by atoms with Crippen molar-refractivity contribution in [1.82, 2.24) is 0 Å². The normalized spacial score (nSPS) is 18.3. The molecule has 1 atom stereocenters. The summed E-state index contributed by atoms with van der Waals surface area (Å²) in [5, 5.41) is 0. The van der Waals surface area contributed by atoms with Crippen molar-refractivity contribution in [2.45, 2.75) is 38.3 Å². The van der Waals surface area contributed by atoms with Gasteiger partial charge in [0.25, 0.3) is 0 Å². The van der Waals surface area contributed by atoms with E-state index in [1.807, 2.05) is 0 Å². The van der Waals surface area contributed by atoms with Crippen LogP contribution in [0.2, 0.25) is 0 Å². The van der Waals surface area contributed by atoms with Gasteiger partial charge in [0.2, 0.25) is 0 Å². The van der Waals surface area contributed by atoms with Crippen LogP contribution in [0.3, 0.4) is 0 Å². The van der Waals surface area contributed by atoms with Crippen molar-refractivity contribution in [3.8, 4) is 5.75 Å². The molecular weight excluding hydrogens is 193 g/mol. The first kappa shape index (κ1) is 10.4. The largest absolute Gasteiger partial charge is 0.490 e. The minimum absolute atomic E-state index is 0.254. The summed E-state index contributed by atoms with van der Waals surface area (Å²) < 4.78 is 19.2. The Labute approximate surface area is 89.2 Å². The van der Waals surface area contributed by atoms with E-state index in [0.29, 0.717) is 11.3 Å². The quantitative estimate of drug-likeness (QED) is 0.830. The van der Waals surface area contributed by atoms with Gasteiger partial charge in [-0.15, -0.1) is 0 Å². The minimum atomic E-state index is -0.332. The highest BCUT2D eigenvalue weighted by Gasteiger charge is 2.22. The fourth-order valence-electron chi connectivity index (χ4n) is 1.73. The SMILES string of the molecule is CC(N)c1c(F)cccc1OC1CCC1. The fourth-order valence-corrected chi connectivity index (χ4v) is 1.73. The van der Waals surface area contributed by atoms with Crippen molar-refractivity contribution in [3.63, 3.8) is 0 Å². The summed E-state index contributed by atoms with van der Waals surface area (Å²) in [4.78, 5) is 0. The van der Waals surface area contributed by atoms with Gasteiger partial charge in [-0.1, -0.05) is 6.07 Å². The molecule has 0 heterocycles. The summed E-state index contributed by atoms with van der Waals surface area (Å²) in [6.07, 6.45) is 3.58. The molecule has 1 saturated carbocycles. The van der Waals surface area contributed by atoms with Gasteiger partial charge in [-0.25, -0.2) is 4.39 Å². The van der Waals surface area contributed by atoms with E-state index in [-0.39, 0.29) is 18.0 Å². The lowest BCUT2D eigenvalue weighted by Gasteiger charge is -2.28. The Morgan fingerprint density at radius 3 is 2.73 bits per heavy atom. The Morgan fingerprint density at radius 1 is 1.47 bits per heavy atom. The van der Waals surface area contributed by atoms with Crippen LogP contribution in [-0.4, -0.2) is 6.10 Å². The molecule has 1 aliphatic rings. The molecular formula is C12H16FNO. The van der Waals surface area contributed by atoms with Gasteiger partial charge in [0.15, 0.2) is 0 Å². The zero-order valence-electron chi connectivity index (χ0n) is 8.87. The lowest BCUT2D eigenvalue weighted by atomic mass is 9.96. The van der Waals surface area contributed by atoms with Crippen LogP contribution in [-0.2, 0) is 0 Å². The molecule has 0 aliphatic heterocycles. The van der Waals surface area contributed by atoms with Gasteiger partial charge >= 0.3 is 0 Å². The van der Waals surface area contributed by atoms with Crippen molar-refractivity contribution in [2.75, 3.05) is 0 Å². The van der Waals surface area contributed by atoms with Crippen LogP contribution >= 0.6 is 0 Å². The summed E-state index contributed by atoms with van der Waals surface area (Å²) in [6.45, 7) is 1.77. The van der Waals surface area contributed by atoms with Gasteiger partial charge in [0.05, 0.1) is 6.10 Å². The number of hydrogen-bond acceptors (Lipinski definition) is 2. The van der Waals surface area contributed by atoms with Crippen molar-refractivity contribution in [1.29, 1.82) is 0 Å². The molecule has 1 aromatic carbocycles. The van der Waals surface area contributed by atoms with Crippen LogP contribution in [0.1, 0.15) is 37.8 Å². The summed E-state index contributed by atoms with van der Waals surface area (Å²) in [6, 6.07) is 4.54. The first-order valence-electron chi connectivity index (χ1n) is 5.39. The van der Waals surface area contributed by atoms with Gasteiger partial charge in [-0.05, 0) is 38.3 Å². The highest BCUT2D eigenvalue weighted by Crippen LogP contribution is 2.31. The number of hydrogen-bond donors (Lipinski definition) is 1. The molecule has 3 heteroatoms. The predicted molar refractivity (Wildman–Crippen MR) is 57.3 cm³/mol. The zero-order valence-corrected chi connectivity index (χ0v) is 8.87. The first-order valence-corrected chi connectivity index (χ1v) is 5.39. The second-order valence-electron chi connectivity index (χ2n) is 4.11. The van der Waals surface area contributed by atoms with Crippen molar-refractivity contribution < 1.29 is 9.13 Å². The standard InChI is InChI=1S/C12H16FNO/c1-8(14)12-10(13)6-3-7-11(12)15-9-4-2-5-9/h3,6-9H,2,4-5,14H2,1H3.